The molecule has 2 aromatic carbocycles. The van der Waals surface area contributed by atoms with Gasteiger partial charge < -0.3 is 15.9 Å². The summed E-state index contributed by atoms with van der Waals surface area (Å²) in [5, 5.41) is 14.6. The summed E-state index contributed by atoms with van der Waals surface area (Å²) >= 11 is 7.16. The third-order valence-corrected chi connectivity index (χ3v) is 7.78. The van der Waals surface area contributed by atoms with Gasteiger partial charge in [-0.2, -0.15) is 0 Å². The Morgan fingerprint density at radius 2 is 1.77 bits per heavy atom. The van der Waals surface area contributed by atoms with E-state index in [-0.39, 0.29) is 12.0 Å². The number of benzene rings is 2. The average Bonchev–Trinajstić information content (AvgIpc) is 3.22. The quantitative estimate of drug-likeness (QED) is 0.403. The van der Waals surface area contributed by atoms with Crippen molar-refractivity contribution in [1.29, 1.82) is 0 Å². The van der Waals surface area contributed by atoms with Gasteiger partial charge in [0.05, 0.1) is 0 Å². The minimum Gasteiger partial charge on any atom is -0.450 e. The molecule has 0 saturated heterocycles. The number of anilines is 1. The van der Waals surface area contributed by atoms with Gasteiger partial charge in [-0.15, -0.1) is 11.3 Å². The second-order valence-corrected chi connectivity index (χ2v) is 10.1. The van der Waals surface area contributed by atoms with Crippen LogP contribution in [0.3, 0.4) is 0 Å². The molecule has 0 unspecified atom stereocenters. The molecule has 10 heteroatoms. The zero-order chi connectivity index (χ0) is 21.9. The minimum absolute atomic E-state index is 0.0807. The van der Waals surface area contributed by atoms with Gasteiger partial charge in [0.25, 0.3) is 0 Å². The summed E-state index contributed by atoms with van der Waals surface area (Å²) in [7, 11) is -3.53. The van der Waals surface area contributed by atoms with Gasteiger partial charge in [0, 0.05) is 27.5 Å². The van der Waals surface area contributed by atoms with Gasteiger partial charge in [0.1, 0.15) is 4.21 Å². The molecule has 0 amide bonds. The van der Waals surface area contributed by atoms with Crippen molar-refractivity contribution >= 4 is 44.8 Å². The molecule has 4 rings (SSSR count). The van der Waals surface area contributed by atoms with Crippen LogP contribution < -0.4 is 10.5 Å². The highest BCUT2D eigenvalue weighted by Gasteiger charge is 2.41. The molecule has 7 nitrogen and oxygen atoms in total. The molecule has 0 aliphatic heterocycles. The number of hydrogen-bond acceptors (Lipinski definition) is 5. The second-order valence-electron chi connectivity index (χ2n) is 6.65. The van der Waals surface area contributed by atoms with Gasteiger partial charge in [-0.1, -0.05) is 35.9 Å². The topological polar surface area (TPSA) is 130 Å². The molecule has 2 atom stereocenters. The average molecular weight is 467 g/mol. The van der Waals surface area contributed by atoms with Crippen molar-refractivity contribution in [3.63, 3.8) is 0 Å². The summed E-state index contributed by atoms with van der Waals surface area (Å²) in [5.74, 6) is 0.184. The summed E-state index contributed by atoms with van der Waals surface area (Å²) < 4.78 is 28.5. The van der Waals surface area contributed by atoms with Crippen LogP contribution >= 0.6 is 22.9 Å². The Bertz CT molecular complexity index is 1140. The molecule has 3 aromatic rings. The Kier molecular flexibility index (Phi) is 6.67. The van der Waals surface area contributed by atoms with E-state index < -0.39 is 16.2 Å². The number of nitrogens with one attached hydrogen (secondary N) is 1. The Balaban J connectivity index is 0.000000589. The lowest BCUT2D eigenvalue weighted by atomic mass is 10.1. The van der Waals surface area contributed by atoms with Crippen molar-refractivity contribution < 1.29 is 23.4 Å². The van der Waals surface area contributed by atoms with Crippen LogP contribution in [-0.4, -0.2) is 30.8 Å². The van der Waals surface area contributed by atoms with E-state index in [2.05, 4.69) is 4.72 Å². The van der Waals surface area contributed by atoms with E-state index in [1.807, 2.05) is 42.5 Å². The van der Waals surface area contributed by atoms with Crippen molar-refractivity contribution in [1.82, 2.24) is 4.72 Å². The molecule has 1 fully saturated rings. The molecular weight excluding hydrogens is 448 g/mol. The third-order valence-electron chi connectivity index (χ3n) is 4.41. The summed E-state index contributed by atoms with van der Waals surface area (Å²) in [4.78, 5) is 9.45. The van der Waals surface area contributed by atoms with Gasteiger partial charge in [-0.3, -0.25) is 0 Å². The van der Waals surface area contributed by atoms with Crippen molar-refractivity contribution in [3.8, 4) is 10.4 Å². The third kappa shape index (κ3) is 5.73. The van der Waals surface area contributed by atoms with E-state index in [4.69, 9.17) is 32.3 Å². The Morgan fingerprint density at radius 3 is 2.40 bits per heavy atom. The highest BCUT2D eigenvalue weighted by atomic mass is 35.5. The van der Waals surface area contributed by atoms with Crippen LogP contribution in [0, 0.1) is 0 Å². The second kappa shape index (κ2) is 9.05. The van der Waals surface area contributed by atoms with Crippen LogP contribution in [0.1, 0.15) is 17.9 Å². The first-order chi connectivity index (χ1) is 14.2. The zero-order valence-corrected chi connectivity index (χ0v) is 17.9. The van der Waals surface area contributed by atoms with E-state index in [1.54, 1.807) is 18.2 Å². The normalized spacial score (nSPS) is 17.6. The number of thiophene rings is 1. The summed E-state index contributed by atoms with van der Waals surface area (Å²) in [5.41, 5.74) is 8.53. The lowest BCUT2D eigenvalue weighted by Gasteiger charge is -2.05. The predicted molar refractivity (Wildman–Crippen MR) is 118 cm³/mol. The number of rotatable bonds is 5. The number of halogens is 1. The van der Waals surface area contributed by atoms with Crippen LogP contribution in [0.15, 0.2) is 64.9 Å². The zero-order valence-electron chi connectivity index (χ0n) is 15.5. The largest absolute Gasteiger partial charge is 0.503 e. The SMILES string of the molecule is Nc1cccc([C@H]2C[C@@H]2NS(=O)(=O)c2ccc(-c3ccc(Cl)cc3)s2)c1.O=C(O)O. The first-order valence-corrected chi connectivity index (χ1v) is 11.5. The number of carbonyl (C=O) groups is 1. The molecule has 30 heavy (non-hydrogen) atoms. The highest BCUT2D eigenvalue weighted by Crippen LogP contribution is 2.42. The predicted octanol–water partition coefficient (Wildman–Crippen LogP) is 4.71. The molecule has 158 valence electrons. The molecule has 1 aliphatic carbocycles. The van der Waals surface area contributed by atoms with Crippen LogP contribution in [0.2, 0.25) is 5.02 Å². The summed E-state index contributed by atoms with van der Waals surface area (Å²) in [6.45, 7) is 0. The summed E-state index contributed by atoms with van der Waals surface area (Å²) in [6.07, 6.45) is -1.04. The van der Waals surface area contributed by atoms with Gasteiger partial charge in [0.2, 0.25) is 10.0 Å². The molecule has 1 aromatic heterocycles. The van der Waals surface area contributed by atoms with Crippen molar-refractivity contribution in [3.05, 3.63) is 71.2 Å². The van der Waals surface area contributed by atoms with E-state index in [0.29, 0.717) is 14.9 Å². The van der Waals surface area contributed by atoms with Crippen LogP contribution in [0.5, 0.6) is 0 Å². The maximum atomic E-state index is 12.7. The first-order valence-electron chi connectivity index (χ1n) is 8.81. The van der Waals surface area contributed by atoms with Crippen molar-refractivity contribution in [2.75, 3.05) is 5.73 Å². The standard InChI is InChI=1S/C19H17ClN2O2S2.CH2O3/c20-14-6-4-12(5-7-14)18-8-9-19(25-18)26(23,24)22-17-11-16(17)13-2-1-3-15(21)10-13;2-1(3)4/h1-10,16-17,22H,11,21H2;(H2,2,3,4)/t16-,17+;/m1./s1. The fraction of sp³-hybridized carbons (Fsp3) is 0.150. The molecule has 0 radical (unpaired) electrons. The Hall–Kier alpha value is -2.59. The minimum atomic E-state index is -3.53. The van der Waals surface area contributed by atoms with Crippen LogP contribution in [0.25, 0.3) is 10.4 Å². The Labute approximate surface area is 182 Å². The number of sulfonamides is 1. The maximum absolute atomic E-state index is 12.7. The maximum Gasteiger partial charge on any atom is 0.503 e. The fourth-order valence-electron chi connectivity index (χ4n) is 2.97. The fourth-order valence-corrected chi connectivity index (χ4v) is 5.72. The van der Waals surface area contributed by atoms with Gasteiger partial charge in [-0.05, 0) is 53.9 Å². The lowest BCUT2D eigenvalue weighted by molar-refractivity contribution is 0.137. The number of hydrogen-bond donors (Lipinski definition) is 4. The summed E-state index contributed by atoms with van der Waals surface area (Å²) in [6, 6.07) is 18.4. The molecule has 0 spiro atoms. The van der Waals surface area contributed by atoms with Crippen molar-refractivity contribution in [2.45, 2.75) is 22.6 Å². The van der Waals surface area contributed by atoms with Crippen LogP contribution in [0.4, 0.5) is 10.5 Å². The number of carboxylic acid groups (broad SMARTS) is 2. The van der Waals surface area contributed by atoms with E-state index in [0.717, 1.165) is 22.4 Å². The first kappa shape index (κ1) is 22.1. The smallest absolute Gasteiger partial charge is 0.450 e. The van der Waals surface area contributed by atoms with Gasteiger partial charge in [0.15, 0.2) is 0 Å². The molecule has 5 N–H and O–H groups in total. The highest BCUT2D eigenvalue weighted by molar-refractivity contribution is 7.91. The lowest BCUT2D eigenvalue weighted by Crippen LogP contribution is -2.26. The van der Waals surface area contributed by atoms with E-state index >= 15 is 0 Å². The van der Waals surface area contributed by atoms with Gasteiger partial charge in [-0.25, -0.2) is 17.9 Å². The van der Waals surface area contributed by atoms with Gasteiger partial charge >= 0.3 is 6.16 Å². The molecule has 1 heterocycles. The van der Waals surface area contributed by atoms with E-state index in [9.17, 15) is 8.42 Å². The Morgan fingerprint density at radius 1 is 1.10 bits per heavy atom. The molecule has 1 aliphatic rings. The van der Waals surface area contributed by atoms with E-state index in [1.165, 1.54) is 11.3 Å². The van der Waals surface area contributed by atoms with Crippen LogP contribution in [-0.2, 0) is 10.0 Å². The number of nitrogens with two attached hydrogens (primary N) is 1. The molecular formula is C20H19ClN2O5S2. The number of nitrogen functional groups attached to an aromatic ring is 1. The molecule has 1 saturated carbocycles. The monoisotopic (exact) mass is 466 g/mol. The van der Waals surface area contributed by atoms with Crippen molar-refractivity contribution in [2.24, 2.45) is 0 Å². The molecule has 0 bridgehead atoms.